The molecule has 1 aliphatic rings. The van der Waals surface area contributed by atoms with E-state index < -0.39 is 18.5 Å². The molecule has 2 N–H and O–H groups in total. The number of carboxylic acids is 1. The number of halogens is 1. The van der Waals surface area contributed by atoms with Crippen LogP contribution in [0, 0.1) is 24.2 Å². The lowest BCUT2D eigenvalue weighted by Gasteiger charge is -2.19. The van der Waals surface area contributed by atoms with E-state index in [4.69, 9.17) is 30.5 Å². The van der Waals surface area contributed by atoms with Gasteiger partial charge in [0, 0.05) is 46.9 Å². The SMILES string of the molecule is Cc1cc(CN=CC(CO)C(=O)O)c(OCc2cncc(C#N)c2)cc1OCc1cccc(-c2ccc3c(c2)OCCO3)c1Cl. The standard InChI is InChI=1S/C34H30ClN3O7/c1-21-9-26(16-38-17-27(18-39)34(40)41)31(44-19-23-10-22(13-36)14-37-15-23)12-30(21)45-20-25-3-2-4-28(33(25)35)24-5-6-29-32(11-24)43-8-7-42-29/h2-6,9-12,14-15,17,27,39H,7-8,16,18-20H2,1H3,(H,40,41). The van der Waals surface area contributed by atoms with E-state index in [0.29, 0.717) is 57.9 Å². The number of aromatic nitrogens is 1. The number of benzene rings is 3. The van der Waals surface area contributed by atoms with Crippen LogP contribution < -0.4 is 18.9 Å². The Morgan fingerprint density at radius 3 is 2.64 bits per heavy atom. The third-order valence-corrected chi connectivity index (χ3v) is 7.50. The van der Waals surface area contributed by atoms with E-state index in [1.54, 1.807) is 18.3 Å². The molecule has 45 heavy (non-hydrogen) atoms. The minimum atomic E-state index is -1.17. The number of aliphatic imine (C=N–C) groups is 1. The predicted molar refractivity (Wildman–Crippen MR) is 167 cm³/mol. The molecule has 0 amide bonds. The molecule has 11 heteroatoms. The van der Waals surface area contributed by atoms with Crippen molar-refractivity contribution in [3.8, 4) is 40.2 Å². The number of aryl methyl sites for hydroxylation is 1. The van der Waals surface area contributed by atoms with Gasteiger partial charge < -0.3 is 29.2 Å². The molecule has 1 aromatic heterocycles. The average Bonchev–Trinajstić information content (AvgIpc) is 3.06. The van der Waals surface area contributed by atoms with Crippen molar-refractivity contribution in [1.82, 2.24) is 4.98 Å². The van der Waals surface area contributed by atoms with Gasteiger partial charge in [-0.15, -0.1) is 0 Å². The van der Waals surface area contributed by atoms with Crippen LogP contribution in [0.5, 0.6) is 23.0 Å². The molecule has 0 spiro atoms. The molecule has 1 unspecified atom stereocenters. The van der Waals surface area contributed by atoms with Crippen LogP contribution in [0.1, 0.15) is 27.8 Å². The van der Waals surface area contributed by atoms with Crippen molar-refractivity contribution in [3.63, 3.8) is 0 Å². The van der Waals surface area contributed by atoms with Crippen LogP contribution in [-0.4, -0.2) is 47.2 Å². The molecule has 0 saturated heterocycles. The molecule has 5 rings (SSSR count). The van der Waals surface area contributed by atoms with Gasteiger partial charge in [-0.2, -0.15) is 5.26 Å². The zero-order chi connectivity index (χ0) is 31.8. The number of carbonyl (C=O) groups is 1. The fourth-order valence-electron chi connectivity index (χ4n) is 4.68. The summed E-state index contributed by atoms with van der Waals surface area (Å²) < 4.78 is 23.8. The molecule has 10 nitrogen and oxygen atoms in total. The zero-order valence-electron chi connectivity index (χ0n) is 24.4. The van der Waals surface area contributed by atoms with Gasteiger partial charge in [0.25, 0.3) is 0 Å². The second kappa shape index (κ2) is 14.6. The highest BCUT2D eigenvalue weighted by Gasteiger charge is 2.17. The number of nitrogens with zero attached hydrogens (tertiary/aromatic N) is 3. The van der Waals surface area contributed by atoms with Gasteiger partial charge in [-0.05, 0) is 42.3 Å². The summed E-state index contributed by atoms with van der Waals surface area (Å²) in [5.74, 6) is 0.115. The molecule has 1 atom stereocenters. The number of hydrogen-bond acceptors (Lipinski definition) is 9. The second-order valence-electron chi connectivity index (χ2n) is 10.3. The maximum Gasteiger partial charge on any atom is 0.314 e. The first kappa shape index (κ1) is 31.3. The summed E-state index contributed by atoms with van der Waals surface area (Å²) in [5.41, 5.74) is 5.10. The van der Waals surface area contributed by atoms with Gasteiger partial charge in [-0.3, -0.25) is 14.8 Å². The highest BCUT2D eigenvalue weighted by atomic mass is 35.5. The topological polar surface area (TPSA) is 143 Å². The molecule has 4 aromatic rings. The summed E-state index contributed by atoms with van der Waals surface area (Å²) in [4.78, 5) is 19.6. The number of pyridine rings is 1. The van der Waals surface area contributed by atoms with Gasteiger partial charge in [0.05, 0.1) is 23.7 Å². The minimum Gasteiger partial charge on any atom is -0.488 e. The van der Waals surface area contributed by atoms with Crippen LogP contribution in [0.15, 0.2) is 72.0 Å². The summed E-state index contributed by atoms with van der Waals surface area (Å²) in [5, 5.41) is 28.3. The minimum absolute atomic E-state index is 0.111. The van der Waals surface area contributed by atoms with Crippen LogP contribution in [0.2, 0.25) is 5.02 Å². The molecule has 0 saturated carbocycles. The lowest BCUT2D eigenvalue weighted by molar-refractivity contribution is -0.140. The third kappa shape index (κ3) is 7.70. The van der Waals surface area contributed by atoms with Crippen LogP contribution in [-0.2, 0) is 24.6 Å². The van der Waals surface area contributed by atoms with E-state index in [1.165, 1.54) is 12.4 Å². The Balaban J connectivity index is 1.38. The van der Waals surface area contributed by atoms with Crippen molar-refractivity contribution >= 4 is 23.8 Å². The molecule has 0 bridgehead atoms. The van der Waals surface area contributed by atoms with E-state index in [2.05, 4.69) is 16.0 Å². The molecule has 3 aromatic carbocycles. The quantitative estimate of drug-likeness (QED) is 0.187. The van der Waals surface area contributed by atoms with Crippen LogP contribution in [0.3, 0.4) is 0 Å². The number of hydrogen-bond donors (Lipinski definition) is 2. The van der Waals surface area contributed by atoms with E-state index >= 15 is 0 Å². The van der Waals surface area contributed by atoms with Gasteiger partial charge in [0.2, 0.25) is 0 Å². The molecule has 0 radical (unpaired) electrons. The Morgan fingerprint density at radius 1 is 1.07 bits per heavy atom. The van der Waals surface area contributed by atoms with Crippen LogP contribution >= 0.6 is 11.6 Å². The smallest absolute Gasteiger partial charge is 0.314 e. The van der Waals surface area contributed by atoms with E-state index in [1.807, 2.05) is 49.4 Å². The maximum absolute atomic E-state index is 11.3. The Labute approximate surface area is 265 Å². The van der Waals surface area contributed by atoms with Crippen molar-refractivity contribution in [2.45, 2.75) is 26.7 Å². The number of fused-ring (bicyclic) bond motifs is 1. The Morgan fingerprint density at radius 2 is 1.87 bits per heavy atom. The fourth-order valence-corrected chi connectivity index (χ4v) is 4.97. The van der Waals surface area contributed by atoms with Crippen molar-refractivity contribution in [2.24, 2.45) is 10.9 Å². The van der Waals surface area contributed by atoms with Gasteiger partial charge in [0.1, 0.15) is 49.9 Å². The van der Waals surface area contributed by atoms with E-state index in [0.717, 1.165) is 22.3 Å². The van der Waals surface area contributed by atoms with Crippen molar-refractivity contribution in [3.05, 3.63) is 99.8 Å². The summed E-state index contributed by atoms with van der Waals surface area (Å²) in [7, 11) is 0. The third-order valence-electron chi connectivity index (χ3n) is 7.05. The van der Waals surface area contributed by atoms with Crippen LogP contribution in [0.4, 0.5) is 0 Å². The van der Waals surface area contributed by atoms with Crippen molar-refractivity contribution in [2.75, 3.05) is 19.8 Å². The summed E-state index contributed by atoms with van der Waals surface area (Å²) in [6.45, 7) is 2.74. The monoisotopic (exact) mass is 627 g/mol. The number of rotatable bonds is 12. The fraction of sp³-hybridized carbons (Fsp3) is 0.235. The summed E-state index contributed by atoms with van der Waals surface area (Å²) >= 11 is 6.87. The highest BCUT2D eigenvalue weighted by molar-refractivity contribution is 6.34. The molecule has 0 fully saturated rings. The van der Waals surface area contributed by atoms with Crippen molar-refractivity contribution < 1.29 is 34.0 Å². The molecular weight excluding hydrogens is 598 g/mol. The number of nitriles is 1. The maximum atomic E-state index is 11.3. The molecular formula is C34H30ClN3O7. The second-order valence-corrected chi connectivity index (χ2v) is 10.6. The zero-order valence-corrected chi connectivity index (χ0v) is 25.2. The number of aliphatic hydroxyl groups excluding tert-OH is 1. The van der Waals surface area contributed by atoms with Gasteiger partial charge >= 0.3 is 5.97 Å². The van der Waals surface area contributed by atoms with Gasteiger partial charge in [-0.25, -0.2) is 0 Å². The molecule has 0 aliphatic carbocycles. The van der Waals surface area contributed by atoms with Gasteiger partial charge in [-0.1, -0.05) is 35.9 Å². The number of carboxylic acid groups (broad SMARTS) is 1. The first-order valence-corrected chi connectivity index (χ1v) is 14.5. The lowest BCUT2D eigenvalue weighted by Crippen LogP contribution is -2.19. The molecule has 2 heterocycles. The Kier molecular flexibility index (Phi) is 10.1. The first-order valence-electron chi connectivity index (χ1n) is 14.1. The summed E-state index contributed by atoms with van der Waals surface area (Å²) in [6.07, 6.45) is 4.29. The normalized spacial score (nSPS) is 12.8. The average molecular weight is 628 g/mol. The van der Waals surface area contributed by atoms with Gasteiger partial charge in [0.15, 0.2) is 11.5 Å². The largest absolute Gasteiger partial charge is 0.488 e. The lowest BCUT2D eigenvalue weighted by atomic mass is 10.0. The molecule has 1 aliphatic heterocycles. The van der Waals surface area contributed by atoms with E-state index in [9.17, 15) is 20.3 Å². The van der Waals surface area contributed by atoms with E-state index in [-0.39, 0.29) is 19.8 Å². The first-order chi connectivity index (χ1) is 21.9. The Bertz CT molecular complexity index is 1770. The predicted octanol–water partition coefficient (Wildman–Crippen LogP) is 5.78. The number of aliphatic carboxylic acids is 1. The highest BCUT2D eigenvalue weighted by Crippen LogP contribution is 2.38. The molecule has 230 valence electrons. The van der Waals surface area contributed by atoms with Crippen molar-refractivity contribution in [1.29, 1.82) is 5.26 Å². The van der Waals surface area contributed by atoms with Crippen LogP contribution in [0.25, 0.3) is 11.1 Å². The number of aliphatic hydroxyl groups is 1. The number of ether oxygens (including phenoxy) is 4. The Hall–Kier alpha value is -5.11. The summed E-state index contributed by atoms with van der Waals surface area (Å²) in [6, 6.07) is 18.8.